The molecule has 0 spiro atoms. The minimum Gasteiger partial charge on any atom is -0.467 e. The monoisotopic (exact) mass is 349 g/mol. The van der Waals surface area contributed by atoms with Crippen LogP contribution >= 0.6 is 0 Å². The minimum absolute atomic E-state index is 0.0750. The molecule has 1 aliphatic heterocycles. The number of nitrogens with zero attached hydrogens (tertiary/aromatic N) is 2. The maximum atomic E-state index is 11.2. The zero-order valence-corrected chi connectivity index (χ0v) is 15.2. The molecule has 2 rings (SSSR count). The van der Waals surface area contributed by atoms with E-state index in [4.69, 9.17) is 10.2 Å². The summed E-state index contributed by atoms with van der Waals surface area (Å²) in [4.78, 5) is 18.1. The van der Waals surface area contributed by atoms with Crippen LogP contribution in [0, 0.1) is 5.92 Å². The number of amides is 1. The number of likely N-dealkylation sites (tertiary alicyclic amines) is 1. The number of nitrogens with two attached hydrogens (primary N) is 1. The van der Waals surface area contributed by atoms with Gasteiger partial charge in [0.1, 0.15) is 12.3 Å². The lowest BCUT2D eigenvalue weighted by atomic mass is 9.96. The van der Waals surface area contributed by atoms with Crippen LogP contribution < -0.4 is 16.4 Å². The molecule has 0 aromatic carbocycles. The van der Waals surface area contributed by atoms with E-state index >= 15 is 0 Å². The fraction of sp³-hybridized carbons (Fsp3) is 0.667. The van der Waals surface area contributed by atoms with Gasteiger partial charge in [0.2, 0.25) is 5.91 Å². The maximum absolute atomic E-state index is 11.2. The van der Waals surface area contributed by atoms with Gasteiger partial charge in [0, 0.05) is 19.0 Å². The Hall–Kier alpha value is -2.02. The Kier molecular flexibility index (Phi) is 8.31. The third kappa shape index (κ3) is 7.17. The normalized spacial score (nSPS) is 16.8. The Balaban J connectivity index is 1.59. The van der Waals surface area contributed by atoms with E-state index in [0.29, 0.717) is 6.54 Å². The second kappa shape index (κ2) is 10.8. The lowest BCUT2D eigenvalue weighted by molar-refractivity contribution is -0.123. The van der Waals surface area contributed by atoms with Crippen molar-refractivity contribution in [3.63, 3.8) is 0 Å². The molecule has 7 heteroatoms. The zero-order chi connectivity index (χ0) is 17.9. The molecule has 2 heterocycles. The van der Waals surface area contributed by atoms with Crippen molar-refractivity contribution in [2.24, 2.45) is 16.6 Å². The van der Waals surface area contributed by atoms with E-state index in [2.05, 4.69) is 27.4 Å². The number of hydrogen-bond acceptors (Lipinski definition) is 4. The van der Waals surface area contributed by atoms with E-state index in [9.17, 15) is 4.79 Å². The molecular formula is C18H31N5O2. The summed E-state index contributed by atoms with van der Waals surface area (Å²) < 4.78 is 5.30. The average molecular weight is 349 g/mol. The summed E-state index contributed by atoms with van der Waals surface area (Å²) in [6, 6.07) is 3.80. The molecule has 1 aliphatic rings. The molecule has 0 bridgehead atoms. The number of hydrogen-bond donors (Lipinski definition) is 3. The largest absolute Gasteiger partial charge is 0.467 e. The molecule has 25 heavy (non-hydrogen) atoms. The van der Waals surface area contributed by atoms with Crippen LogP contribution in [-0.2, 0) is 11.3 Å². The van der Waals surface area contributed by atoms with Crippen molar-refractivity contribution in [2.45, 2.75) is 39.2 Å². The zero-order valence-electron chi connectivity index (χ0n) is 15.2. The Labute approximate surface area is 150 Å². The van der Waals surface area contributed by atoms with Gasteiger partial charge >= 0.3 is 0 Å². The summed E-state index contributed by atoms with van der Waals surface area (Å²) in [6.45, 7) is 7.35. The van der Waals surface area contributed by atoms with Crippen molar-refractivity contribution >= 4 is 11.9 Å². The van der Waals surface area contributed by atoms with Crippen LogP contribution in [0.5, 0.6) is 0 Å². The van der Waals surface area contributed by atoms with Crippen LogP contribution in [0.25, 0.3) is 0 Å². The van der Waals surface area contributed by atoms with E-state index in [1.807, 2.05) is 12.1 Å². The Bertz CT molecular complexity index is 522. The summed E-state index contributed by atoms with van der Waals surface area (Å²) in [6.07, 6.45) is 5.68. The molecule has 1 saturated heterocycles. The van der Waals surface area contributed by atoms with Gasteiger partial charge in [-0.25, -0.2) is 4.99 Å². The number of nitrogens with one attached hydrogen (secondary N) is 2. The van der Waals surface area contributed by atoms with Crippen LogP contribution in [0.2, 0.25) is 0 Å². The minimum atomic E-state index is -0.145. The van der Waals surface area contributed by atoms with Crippen LogP contribution in [0.4, 0.5) is 0 Å². The lowest BCUT2D eigenvalue weighted by Gasteiger charge is -2.30. The molecule has 4 N–H and O–H groups in total. The number of carbonyl (C=O) groups is 1. The van der Waals surface area contributed by atoms with Crippen LogP contribution in [0.3, 0.4) is 0 Å². The van der Waals surface area contributed by atoms with Gasteiger partial charge in [-0.05, 0) is 64.4 Å². The van der Waals surface area contributed by atoms with Gasteiger partial charge in [-0.3, -0.25) is 4.79 Å². The molecule has 0 aliphatic carbocycles. The van der Waals surface area contributed by atoms with Gasteiger partial charge in [0.05, 0.1) is 6.26 Å². The molecular weight excluding hydrogens is 318 g/mol. The highest BCUT2D eigenvalue weighted by Gasteiger charge is 2.22. The SMILES string of the molecule is CCNC(=NCc1ccco1)NCCCCN1CCC(C(N)=O)CC1. The van der Waals surface area contributed by atoms with E-state index < -0.39 is 0 Å². The second-order valence-corrected chi connectivity index (χ2v) is 6.43. The summed E-state index contributed by atoms with van der Waals surface area (Å²) in [5, 5.41) is 6.60. The van der Waals surface area contributed by atoms with Gasteiger partial charge in [-0.15, -0.1) is 0 Å². The van der Waals surface area contributed by atoms with E-state index in [1.165, 1.54) is 0 Å². The maximum Gasteiger partial charge on any atom is 0.220 e. The molecule has 0 unspecified atom stereocenters. The summed E-state index contributed by atoms with van der Waals surface area (Å²) in [7, 11) is 0. The van der Waals surface area contributed by atoms with Crippen LogP contribution in [-0.4, -0.2) is 49.5 Å². The van der Waals surface area contributed by atoms with Gasteiger partial charge in [0.15, 0.2) is 5.96 Å². The van der Waals surface area contributed by atoms with Gasteiger partial charge in [-0.1, -0.05) is 0 Å². The molecule has 7 nitrogen and oxygen atoms in total. The number of furan rings is 1. The average Bonchev–Trinajstić information content (AvgIpc) is 3.13. The number of rotatable bonds is 9. The lowest BCUT2D eigenvalue weighted by Crippen LogP contribution is -2.39. The topological polar surface area (TPSA) is 95.9 Å². The molecule has 0 saturated carbocycles. The molecule has 140 valence electrons. The van der Waals surface area contributed by atoms with Crippen LogP contribution in [0.1, 0.15) is 38.4 Å². The Morgan fingerprint density at radius 1 is 1.36 bits per heavy atom. The van der Waals surface area contributed by atoms with Gasteiger partial charge in [0.25, 0.3) is 0 Å². The van der Waals surface area contributed by atoms with Crippen molar-refractivity contribution in [2.75, 3.05) is 32.7 Å². The summed E-state index contributed by atoms with van der Waals surface area (Å²) in [5.41, 5.74) is 5.37. The number of unbranched alkanes of at least 4 members (excludes halogenated alkanes) is 1. The summed E-state index contributed by atoms with van der Waals surface area (Å²) >= 11 is 0. The quantitative estimate of drug-likeness (QED) is 0.355. The fourth-order valence-corrected chi connectivity index (χ4v) is 3.01. The van der Waals surface area contributed by atoms with E-state index in [1.54, 1.807) is 6.26 Å². The predicted molar refractivity (Wildman–Crippen MR) is 99.1 cm³/mol. The van der Waals surface area contributed by atoms with Crippen molar-refractivity contribution in [3.8, 4) is 0 Å². The second-order valence-electron chi connectivity index (χ2n) is 6.43. The smallest absolute Gasteiger partial charge is 0.220 e. The Morgan fingerprint density at radius 3 is 2.80 bits per heavy atom. The van der Waals surface area contributed by atoms with Crippen molar-refractivity contribution in [1.29, 1.82) is 0 Å². The first-order valence-corrected chi connectivity index (χ1v) is 9.25. The number of piperidine rings is 1. The first-order valence-electron chi connectivity index (χ1n) is 9.25. The van der Waals surface area contributed by atoms with Crippen molar-refractivity contribution in [1.82, 2.24) is 15.5 Å². The number of primary amides is 1. The highest BCUT2D eigenvalue weighted by Crippen LogP contribution is 2.16. The summed E-state index contributed by atoms with van der Waals surface area (Å²) in [5.74, 6) is 1.61. The van der Waals surface area contributed by atoms with Gasteiger partial charge in [-0.2, -0.15) is 0 Å². The molecule has 1 fully saturated rings. The first kappa shape index (κ1) is 19.3. The van der Waals surface area contributed by atoms with E-state index in [0.717, 1.165) is 70.1 Å². The third-order valence-electron chi connectivity index (χ3n) is 4.50. The predicted octanol–water partition coefficient (Wildman–Crippen LogP) is 1.31. The van der Waals surface area contributed by atoms with E-state index in [-0.39, 0.29) is 11.8 Å². The van der Waals surface area contributed by atoms with Gasteiger partial charge < -0.3 is 25.7 Å². The molecule has 0 radical (unpaired) electrons. The molecule has 0 atom stereocenters. The fourth-order valence-electron chi connectivity index (χ4n) is 3.01. The highest BCUT2D eigenvalue weighted by atomic mass is 16.3. The molecule has 1 aromatic heterocycles. The molecule has 1 aromatic rings. The van der Waals surface area contributed by atoms with Crippen LogP contribution in [0.15, 0.2) is 27.8 Å². The first-order chi connectivity index (χ1) is 12.2. The van der Waals surface area contributed by atoms with Crippen molar-refractivity contribution in [3.05, 3.63) is 24.2 Å². The highest BCUT2D eigenvalue weighted by molar-refractivity contribution is 5.79. The Morgan fingerprint density at radius 2 is 2.16 bits per heavy atom. The molecule has 1 amide bonds. The third-order valence-corrected chi connectivity index (χ3v) is 4.50. The number of carbonyl (C=O) groups excluding carboxylic acids is 1. The number of aliphatic imine (C=N–C) groups is 1. The van der Waals surface area contributed by atoms with Crippen molar-refractivity contribution < 1.29 is 9.21 Å². The number of guanidine groups is 1. The standard InChI is InChI=1S/C18H31N5O2/c1-2-20-18(22-14-16-6-5-13-25-16)21-9-3-4-10-23-11-7-15(8-12-23)17(19)24/h5-6,13,15H,2-4,7-12,14H2,1H3,(H2,19,24)(H2,20,21,22).